The Kier molecular flexibility index (Phi) is 8.84. The van der Waals surface area contributed by atoms with Crippen LogP contribution in [-0.2, 0) is 18.3 Å². The average molecular weight is 616 g/mol. The van der Waals surface area contributed by atoms with E-state index in [-0.39, 0.29) is 17.7 Å². The van der Waals surface area contributed by atoms with Gasteiger partial charge in [0.05, 0.1) is 26.0 Å². The van der Waals surface area contributed by atoms with Gasteiger partial charge in [-0.3, -0.25) is 9.59 Å². The van der Waals surface area contributed by atoms with Gasteiger partial charge in [-0.2, -0.15) is 0 Å². The summed E-state index contributed by atoms with van der Waals surface area (Å²) in [5.74, 6) is 0.956. The molecule has 0 saturated heterocycles. The maximum atomic E-state index is 14.5. The number of benzene rings is 4. The van der Waals surface area contributed by atoms with Crippen LogP contribution in [0.5, 0.6) is 11.5 Å². The molecular weight excluding hydrogens is 574 g/mol. The first-order chi connectivity index (χ1) is 22.4. The van der Waals surface area contributed by atoms with Gasteiger partial charge in [0.25, 0.3) is 5.91 Å². The summed E-state index contributed by atoms with van der Waals surface area (Å²) in [5.41, 5.74) is 6.80. The Morgan fingerprint density at radius 1 is 0.891 bits per heavy atom. The zero-order valence-electron chi connectivity index (χ0n) is 27.1. The Bertz CT molecular complexity index is 1880. The number of rotatable bonds is 11. The molecule has 2 amide bonds. The van der Waals surface area contributed by atoms with Crippen LogP contribution >= 0.6 is 0 Å². The summed E-state index contributed by atoms with van der Waals surface area (Å²) in [7, 11) is 5.30. The maximum Gasteiger partial charge on any atom is 0.255 e. The SMILES string of the molecule is CCC(C)C(C(=O)NCCc1ccc(OC)c(OC)c1)N1C(=O)c2ccccc2C1c1c(-c2ccccc2)n(C)c2ccccc12. The number of carbonyl (C=O) groups excluding carboxylic acids is 2. The van der Waals surface area contributed by atoms with Crippen molar-refractivity contribution in [3.63, 3.8) is 0 Å². The van der Waals surface area contributed by atoms with Gasteiger partial charge in [-0.05, 0) is 53.3 Å². The van der Waals surface area contributed by atoms with Gasteiger partial charge < -0.3 is 24.3 Å². The Morgan fingerprint density at radius 2 is 1.59 bits per heavy atom. The average Bonchev–Trinajstić information content (AvgIpc) is 3.55. The molecule has 1 aliphatic rings. The highest BCUT2D eigenvalue weighted by atomic mass is 16.5. The molecule has 46 heavy (non-hydrogen) atoms. The largest absolute Gasteiger partial charge is 0.493 e. The van der Waals surface area contributed by atoms with E-state index in [1.165, 1.54) is 0 Å². The Morgan fingerprint density at radius 3 is 2.33 bits per heavy atom. The van der Waals surface area contributed by atoms with Crippen molar-refractivity contribution in [3.8, 4) is 22.8 Å². The summed E-state index contributed by atoms with van der Waals surface area (Å²) < 4.78 is 13.1. The second kappa shape index (κ2) is 13.1. The standard InChI is InChI=1S/C39H41N3O4/c1-6-25(2)35(38(43)40-23-22-26-20-21-32(45-4)33(24-26)46-5)42-37(28-16-10-11-17-29(28)39(42)44)34-30-18-12-13-19-31(30)41(3)36(34)27-14-8-7-9-15-27/h7-21,24-25,35,37H,6,22-23H2,1-5H3,(H,40,43). The van der Waals surface area contributed by atoms with E-state index in [0.717, 1.165) is 45.3 Å². The van der Waals surface area contributed by atoms with Crippen LogP contribution in [0.2, 0.25) is 0 Å². The first-order valence-electron chi connectivity index (χ1n) is 15.9. The van der Waals surface area contributed by atoms with E-state index >= 15 is 0 Å². The second-order valence-electron chi connectivity index (χ2n) is 12.0. The van der Waals surface area contributed by atoms with Gasteiger partial charge in [0.1, 0.15) is 6.04 Å². The van der Waals surface area contributed by atoms with Crippen LogP contribution in [0, 0.1) is 5.92 Å². The molecule has 3 unspecified atom stereocenters. The topological polar surface area (TPSA) is 72.8 Å². The number of aromatic nitrogens is 1. The zero-order chi connectivity index (χ0) is 32.4. The van der Waals surface area contributed by atoms with E-state index < -0.39 is 12.1 Å². The fourth-order valence-electron chi connectivity index (χ4n) is 6.92. The molecule has 6 rings (SSSR count). The summed E-state index contributed by atoms with van der Waals surface area (Å²) in [4.78, 5) is 30.6. The summed E-state index contributed by atoms with van der Waals surface area (Å²) in [6.07, 6.45) is 1.35. The van der Waals surface area contributed by atoms with Gasteiger partial charge in [-0.25, -0.2) is 0 Å². The van der Waals surface area contributed by atoms with Crippen LogP contribution in [0.15, 0.2) is 97.1 Å². The number of fused-ring (bicyclic) bond motifs is 2. The molecule has 1 aliphatic heterocycles. The van der Waals surface area contributed by atoms with E-state index in [1.807, 2.05) is 77.7 Å². The molecule has 0 radical (unpaired) electrons. The maximum absolute atomic E-state index is 14.5. The smallest absolute Gasteiger partial charge is 0.255 e. The van der Waals surface area contributed by atoms with Crippen molar-refractivity contribution in [1.82, 2.24) is 14.8 Å². The molecule has 0 saturated carbocycles. The number of hydrogen-bond donors (Lipinski definition) is 1. The van der Waals surface area contributed by atoms with Crippen molar-refractivity contribution in [3.05, 3.63) is 119 Å². The van der Waals surface area contributed by atoms with Crippen LogP contribution in [0.4, 0.5) is 0 Å². The molecule has 1 N–H and O–H groups in total. The predicted octanol–water partition coefficient (Wildman–Crippen LogP) is 7.18. The summed E-state index contributed by atoms with van der Waals surface area (Å²) in [6, 6.07) is 31.1. The van der Waals surface area contributed by atoms with E-state index in [2.05, 4.69) is 55.0 Å². The highest BCUT2D eigenvalue weighted by Crippen LogP contribution is 2.48. The highest BCUT2D eigenvalue weighted by molar-refractivity contribution is 6.04. The van der Waals surface area contributed by atoms with Gasteiger partial charge in [0, 0.05) is 35.6 Å². The first kappa shape index (κ1) is 31.0. The third-order valence-corrected chi connectivity index (χ3v) is 9.38. The minimum absolute atomic E-state index is 0.0861. The fraction of sp³-hybridized carbons (Fsp3) is 0.282. The molecule has 1 aromatic heterocycles. The molecule has 2 heterocycles. The Balaban J connectivity index is 1.42. The number of carbonyl (C=O) groups is 2. The second-order valence-corrected chi connectivity index (χ2v) is 12.0. The minimum Gasteiger partial charge on any atom is -0.493 e. The first-order valence-corrected chi connectivity index (χ1v) is 15.9. The van der Waals surface area contributed by atoms with Crippen LogP contribution < -0.4 is 14.8 Å². The van der Waals surface area contributed by atoms with E-state index in [9.17, 15) is 9.59 Å². The van der Waals surface area contributed by atoms with Crippen LogP contribution in [0.25, 0.3) is 22.2 Å². The number of ether oxygens (including phenoxy) is 2. The Hall–Kier alpha value is -5.04. The lowest BCUT2D eigenvalue weighted by molar-refractivity contribution is -0.127. The predicted molar refractivity (Wildman–Crippen MR) is 182 cm³/mol. The molecular formula is C39H41N3O4. The number of hydrogen-bond acceptors (Lipinski definition) is 4. The third kappa shape index (κ3) is 5.40. The van der Waals surface area contributed by atoms with E-state index in [4.69, 9.17) is 9.47 Å². The van der Waals surface area contributed by atoms with Crippen molar-refractivity contribution in [2.24, 2.45) is 13.0 Å². The van der Waals surface area contributed by atoms with Gasteiger partial charge in [-0.15, -0.1) is 0 Å². The monoisotopic (exact) mass is 615 g/mol. The number of para-hydroxylation sites is 1. The third-order valence-electron chi connectivity index (χ3n) is 9.38. The molecule has 0 bridgehead atoms. The van der Waals surface area contributed by atoms with Crippen LogP contribution in [-0.4, -0.2) is 48.1 Å². The number of aryl methyl sites for hydroxylation is 1. The number of amides is 2. The number of nitrogens with one attached hydrogen (secondary N) is 1. The lowest BCUT2D eigenvalue weighted by Gasteiger charge is -2.36. The summed E-state index contributed by atoms with van der Waals surface area (Å²) >= 11 is 0. The number of nitrogens with zero attached hydrogens (tertiary/aromatic N) is 2. The van der Waals surface area contributed by atoms with Crippen molar-refractivity contribution in [2.45, 2.75) is 38.8 Å². The van der Waals surface area contributed by atoms with Gasteiger partial charge in [0.15, 0.2) is 11.5 Å². The lowest BCUT2D eigenvalue weighted by atomic mass is 9.90. The summed E-state index contributed by atoms with van der Waals surface area (Å²) in [6.45, 7) is 4.56. The summed E-state index contributed by atoms with van der Waals surface area (Å²) in [5, 5.41) is 4.26. The molecule has 7 heteroatoms. The van der Waals surface area contributed by atoms with Gasteiger partial charge >= 0.3 is 0 Å². The molecule has 0 fully saturated rings. The zero-order valence-corrected chi connectivity index (χ0v) is 27.1. The fourth-order valence-corrected chi connectivity index (χ4v) is 6.92. The van der Waals surface area contributed by atoms with Gasteiger partial charge in [0.2, 0.25) is 5.91 Å². The van der Waals surface area contributed by atoms with E-state index in [1.54, 1.807) is 14.2 Å². The van der Waals surface area contributed by atoms with Crippen molar-refractivity contribution >= 4 is 22.7 Å². The van der Waals surface area contributed by atoms with Crippen molar-refractivity contribution < 1.29 is 19.1 Å². The molecule has 0 aliphatic carbocycles. The normalized spacial score (nSPS) is 15.5. The van der Waals surface area contributed by atoms with Crippen molar-refractivity contribution in [1.29, 1.82) is 0 Å². The molecule has 3 atom stereocenters. The molecule has 0 spiro atoms. The lowest BCUT2D eigenvalue weighted by Crippen LogP contribution is -2.52. The highest BCUT2D eigenvalue weighted by Gasteiger charge is 2.47. The molecule has 4 aromatic carbocycles. The van der Waals surface area contributed by atoms with Gasteiger partial charge in [-0.1, -0.05) is 93.1 Å². The van der Waals surface area contributed by atoms with E-state index in [0.29, 0.717) is 30.0 Å². The van der Waals surface area contributed by atoms with Crippen LogP contribution in [0.3, 0.4) is 0 Å². The molecule has 7 nitrogen and oxygen atoms in total. The molecule has 5 aromatic rings. The number of methoxy groups -OCH3 is 2. The van der Waals surface area contributed by atoms with Crippen molar-refractivity contribution in [2.75, 3.05) is 20.8 Å². The minimum atomic E-state index is -0.678. The van der Waals surface area contributed by atoms with Crippen LogP contribution in [0.1, 0.15) is 53.4 Å². The quantitative estimate of drug-likeness (QED) is 0.171. The molecule has 236 valence electrons. The Labute approximate surface area is 270 Å².